The molecule has 2 aromatic heterocycles. The second-order valence-electron chi connectivity index (χ2n) is 8.21. The number of likely N-dealkylation sites (tertiary alicyclic amines) is 1. The summed E-state index contributed by atoms with van der Waals surface area (Å²) < 4.78 is 5.04. The molecule has 2 aliphatic heterocycles. The monoisotopic (exact) mass is 436 g/mol. The van der Waals surface area contributed by atoms with Gasteiger partial charge in [0.1, 0.15) is 0 Å². The molecule has 8 heteroatoms. The molecule has 0 aliphatic carbocycles. The maximum atomic E-state index is 13.1. The third-order valence-corrected chi connectivity index (χ3v) is 6.02. The molecule has 8 nitrogen and oxygen atoms in total. The molecule has 1 fully saturated rings. The van der Waals surface area contributed by atoms with E-state index >= 15 is 0 Å². The number of piperidine rings is 1. The summed E-state index contributed by atoms with van der Waals surface area (Å²) >= 11 is 0. The summed E-state index contributed by atoms with van der Waals surface area (Å²) in [7, 11) is 0. The second-order valence-corrected chi connectivity index (χ2v) is 8.21. The summed E-state index contributed by atoms with van der Waals surface area (Å²) in [5.41, 5.74) is 2.39. The number of nitrogens with zero attached hydrogens (tertiary/aromatic N) is 3. The molecule has 0 saturated carbocycles. The van der Waals surface area contributed by atoms with E-state index in [9.17, 15) is 14.4 Å². The van der Waals surface area contributed by atoms with E-state index in [2.05, 4.69) is 11.4 Å². The van der Waals surface area contributed by atoms with Crippen molar-refractivity contribution in [2.24, 2.45) is 0 Å². The molecule has 0 atom stereocenters. The maximum Gasteiger partial charge on any atom is 0.287 e. The second kappa shape index (κ2) is 9.80. The van der Waals surface area contributed by atoms with E-state index < -0.39 is 5.91 Å². The third-order valence-electron chi connectivity index (χ3n) is 6.02. The molecule has 0 radical (unpaired) electrons. The van der Waals surface area contributed by atoms with Gasteiger partial charge in [-0.25, -0.2) is 0 Å². The average molecular weight is 437 g/mol. The van der Waals surface area contributed by atoms with E-state index in [0.29, 0.717) is 25.2 Å². The lowest BCUT2D eigenvalue weighted by Gasteiger charge is -2.33. The molecular formula is C24H28N4O4. The van der Waals surface area contributed by atoms with Crippen molar-refractivity contribution in [3.8, 4) is 0 Å². The lowest BCUT2D eigenvalue weighted by Crippen LogP contribution is -2.44. The van der Waals surface area contributed by atoms with Gasteiger partial charge in [-0.05, 0) is 50.5 Å². The molecule has 2 aromatic rings. The predicted octanol–water partition coefficient (Wildman–Crippen LogP) is 2.52. The van der Waals surface area contributed by atoms with Gasteiger partial charge < -0.3 is 19.5 Å². The van der Waals surface area contributed by atoms with Gasteiger partial charge in [-0.2, -0.15) is 0 Å². The summed E-state index contributed by atoms with van der Waals surface area (Å²) in [5, 5.41) is 2.60. The van der Waals surface area contributed by atoms with Crippen LogP contribution < -0.4 is 5.32 Å². The van der Waals surface area contributed by atoms with Crippen molar-refractivity contribution in [1.82, 2.24) is 20.1 Å². The van der Waals surface area contributed by atoms with Gasteiger partial charge >= 0.3 is 0 Å². The van der Waals surface area contributed by atoms with E-state index in [1.807, 2.05) is 30.0 Å². The molecule has 4 rings (SSSR count). The van der Waals surface area contributed by atoms with Crippen LogP contribution in [0.5, 0.6) is 0 Å². The maximum absolute atomic E-state index is 13.1. The van der Waals surface area contributed by atoms with Crippen molar-refractivity contribution in [2.45, 2.75) is 32.1 Å². The minimum atomic E-state index is -0.405. The van der Waals surface area contributed by atoms with Crippen LogP contribution in [0.25, 0.3) is 0 Å². The first-order valence-electron chi connectivity index (χ1n) is 11.0. The number of hydrogen-bond acceptors (Lipinski definition) is 5. The number of rotatable bonds is 5. The van der Waals surface area contributed by atoms with Crippen LogP contribution >= 0.6 is 0 Å². The Labute approximate surface area is 187 Å². The first-order valence-corrected chi connectivity index (χ1v) is 11.0. The molecule has 2 aliphatic rings. The third kappa shape index (κ3) is 4.90. The largest absolute Gasteiger partial charge is 0.459 e. The highest BCUT2D eigenvalue weighted by Crippen LogP contribution is 2.30. The van der Waals surface area contributed by atoms with Crippen LogP contribution in [-0.4, -0.2) is 65.2 Å². The number of aryl methyl sites for hydroxylation is 1. The number of furan rings is 1. The molecule has 1 N–H and O–H groups in total. The first-order chi connectivity index (χ1) is 15.5. The van der Waals surface area contributed by atoms with Gasteiger partial charge in [-0.1, -0.05) is 12.2 Å². The van der Waals surface area contributed by atoms with Crippen molar-refractivity contribution in [1.29, 1.82) is 0 Å². The minimum absolute atomic E-state index is 0.0241. The Balaban J connectivity index is 1.37. The minimum Gasteiger partial charge on any atom is -0.459 e. The van der Waals surface area contributed by atoms with Gasteiger partial charge in [0.15, 0.2) is 5.76 Å². The molecule has 0 aromatic carbocycles. The predicted molar refractivity (Wildman–Crippen MR) is 118 cm³/mol. The summed E-state index contributed by atoms with van der Waals surface area (Å²) in [6, 6.07) is 6.96. The van der Waals surface area contributed by atoms with Crippen LogP contribution in [0, 0.1) is 6.92 Å². The molecule has 32 heavy (non-hydrogen) atoms. The highest BCUT2D eigenvalue weighted by Gasteiger charge is 2.29. The Morgan fingerprint density at radius 3 is 2.59 bits per heavy atom. The molecule has 0 bridgehead atoms. The van der Waals surface area contributed by atoms with Crippen molar-refractivity contribution < 1.29 is 18.8 Å². The average Bonchev–Trinajstić information content (AvgIpc) is 3.38. The van der Waals surface area contributed by atoms with Crippen LogP contribution in [-0.2, 0) is 4.79 Å². The number of carbonyl (C=O) groups is 3. The van der Waals surface area contributed by atoms with Crippen LogP contribution in [0.1, 0.15) is 57.5 Å². The van der Waals surface area contributed by atoms with Gasteiger partial charge in [0, 0.05) is 37.8 Å². The summed E-state index contributed by atoms with van der Waals surface area (Å²) in [6.07, 6.45) is 7.88. The Kier molecular flexibility index (Phi) is 6.68. The van der Waals surface area contributed by atoms with E-state index in [1.165, 1.54) is 6.26 Å². The fourth-order valence-corrected chi connectivity index (χ4v) is 4.23. The van der Waals surface area contributed by atoms with Crippen molar-refractivity contribution in [2.75, 3.05) is 32.7 Å². The lowest BCUT2D eigenvalue weighted by molar-refractivity contribution is -0.131. The quantitative estimate of drug-likeness (QED) is 0.727. The zero-order chi connectivity index (χ0) is 22.5. The van der Waals surface area contributed by atoms with E-state index in [4.69, 9.17) is 9.40 Å². The Morgan fingerprint density at radius 2 is 1.91 bits per heavy atom. The number of carbonyl (C=O) groups excluding carboxylic acids is 3. The molecule has 1 saturated heterocycles. The molecule has 0 unspecified atom stereocenters. The van der Waals surface area contributed by atoms with Crippen molar-refractivity contribution in [3.63, 3.8) is 0 Å². The van der Waals surface area contributed by atoms with Crippen LogP contribution in [0.15, 0.2) is 47.1 Å². The zero-order valence-corrected chi connectivity index (χ0v) is 18.3. The van der Waals surface area contributed by atoms with E-state index in [1.54, 1.807) is 17.0 Å². The topological polar surface area (TPSA) is 95.8 Å². The SMILES string of the molecule is Cc1ccc(C(=O)N2CC=CCC2)c(C2CCN(C(=O)CNC(=O)c3ccco3)CC2)n1. The number of amides is 3. The highest BCUT2D eigenvalue weighted by molar-refractivity contribution is 5.96. The summed E-state index contributed by atoms with van der Waals surface area (Å²) in [4.78, 5) is 46.0. The Morgan fingerprint density at radius 1 is 1.09 bits per heavy atom. The fraction of sp³-hybridized carbons (Fsp3) is 0.417. The molecular weight excluding hydrogens is 408 g/mol. The van der Waals surface area contributed by atoms with Crippen LogP contribution in [0.3, 0.4) is 0 Å². The van der Waals surface area contributed by atoms with Crippen molar-refractivity contribution in [3.05, 3.63) is 65.4 Å². The summed E-state index contributed by atoms with van der Waals surface area (Å²) in [6.45, 7) is 4.34. The Hall–Kier alpha value is -3.42. The van der Waals surface area contributed by atoms with Gasteiger partial charge in [0.05, 0.1) is 24.1 Å². The van der Waals surface area contributed by atoms with Gasteiger partial charge in [0.2, 0.25) is 5.91 Å². The summed E-state index contributed by atoms with van der Waals surface area (Å²) in [5.74, 6) is -0.203. The molecule has 3 amide bonds. The Bertz CT molecular complexity index is 1010. The number of hydrogen-bond donors (Lipinski definition) is 1. The smallest absolute Gasteiger partial charge is 0.287 e. The normalized spacial score (nSPS) is 16.8. The number of nitrogens with one attached hydrogen (secondary N) is 1. The zero-order valence-electron chi connectivity index (χ0n) is 18.3. The number of aromatic nitrogens is 1. The standard InChI is InChI=1S/C24H28N4O4/c1-17-7-8-19(24(31)28-11-3-2-4-12-28)22(26-17)18-9-13-27(14-10-18)21(29)16-25-23(30)20-6-5-15-32-20/h2-3,5-8,15,18H,4,9-14,16H2,1H3,(H,25,30). The van der Waals surface area contributed by atoms with E-state index in [0.717, 1.165) is 37.2 Å². The van der Waals surface area contributed by atoms with Crippen LogP contribution in [0.4, 0.5) is 0 Å². The lowest BCUT2D eigenvalue weighted by atomic mass is 9.89. The van der Waals surface area contributed by atoms with E-state index in [-0.39, 0.29) is 30.0 Å². The molecule has 168 valence electrons. The molecule has 0 spiro atoms. The van der Waals surface area contributed by atoms with Gasteiger partial charge in [0.25, 0.3) is 11.8 Å². The first kappa shape index (κ1) is 21.8. The van der Waals surface area contributed by atoms with Gasteiger partial charge in [-0.15, -0.1) is 0 Å². The molecule has 4 heterocycles. The number of pyridine rings is 1. The van der Waals surface area contributed by atoms with Crippen LogP contribution in [0.2, 0.25) is 0 Å². The fourth-order valence-electron chi connectivity index (χ4n) is 4.23. The highest BCUT2D eigenvalue weighted by atomic mass is 16.3. The van der Waals surface area contributed by atoms with Crippen molar-refractivity contribution >= 4 is 17.7 Å². The van der Waals surface area contributed by atoms with Gasteiger partial charge in [-0.3, -0.25) is 19.4 Å².